The number of nitrogens with zero attached hydrogens (tertiary/aromatic N) is 2. The number of methoxy groups -OCH3 is 1. The first-order chi connectivity index (χ1) is 15.3. The largest absolute Gasteiger partial charge is 0.497 e. The zero-order valence-corrected chi connectivity index (χ0v) is 19.0. The number of hydrogen-bond acceptors (Lipinski definition) is 5. The van der Waals surface area contributed by atoms with Crippen molar-refractivity contribution in [3.8, 4) is 5.75 Å². The Morgan fingerprint density at radius 3 is 2.56 bits per heavy atom. The van der Waals surface area contributed by atoms with Gasteiger partial charge in [-0.05, 0) is 49.7 Å². The van der Waals surface area contributed by atoms with Crippen LogP contribution in [-0.2, 0) is 11.3 Å². The van der Waals surface area contributed by atoms with Gasteiger partial charge in [-0.15, -0.1) is 0 Å². The second kappa shape index (κ2) is 8.68. The van der Waals surface area contributed by atoms with Gasteiger partial charge in [-0.25, -0.2) is 0 Å². The first-order valence-electron chi connectivity index (χ1n) is 9.68. The molecule has 2 heterocycles. The molecule has 1 N–H and O–H groups in total. The molecule has 0 unspecified atom stereocenters. The lowest BCUT2D eigenvalue weighted by molar-refractivity contribution is -0.112. The van der Waals surface area contributed by atoms with Crippen LogP contribution in [0.2, 0.25) is 10.0 Å². The van der Waals surface area contributed by atoms with Crippen molar-refractivity contribution < 1.29 is 18.8 Å². The predicted molar refractivity (Wildman–Crippen MR) is 123 cm³/mol. The van der Waals surface area contributed by atoms with Crippen molar-refractivity contribution in [3.05, 3.63) is 75.1 Å². The molecule has 7 nitrogen and oxygen atoms in total. The van der Waals surface area contributed by atoms with E-state index in [0.717, 1.165) is 11.1 Å². The topological polar surface area (TPSA) is 86.4 Å². The quantitative estimate of drug-likeness (QED) is 0.299. The molecule has 1 amide bonds. The van der Waals surface area contributed by atoms with Crippen LogP contribution in [-0.4, -0.2) is 28.5 Å². The molecule has 0 saturated carbocycles. The number of amides is 1. The van der Waals surface area contributed by atoms with Gasteiger partial charge in [-0.1, -0.05) is 34.4 Å². The predicted octanol–water partition coefficient (Wildman–Crippen LogP) is 5.43. The van der Waals surface area contributed by atoms with Gasteiger partial charge in [0, 0.05) is 39.3 Å². The second-order valence-corrected chi connectivity index (χ2v) is 8.12. The zero-order chi connectivity index (χ0) is 23.0. The summed E-state index contributed by atoms with van der Waals surface area (Å²) in [7, 11) is 1.54. The molecule has 32 heavy (non-hydrogen) atoms. The van der Waals surface area contributed by atoms with Crippen LogP contribution in [0.15, 0.2) is 47.0 Å². The number of hydrogen-bond donors (Lipinski definition) is 1. The minimum atomic E-state index is -0.812. The molecular formula is C23H19Cl2N3O4. The lowest BCUT2D eigenvalue weighted by atomic mass is 10.1. The van der Waals surface area contributed by atoms with Gasteiger partial charge in [-0.2, -0.15) is 0 Å². The maximum Gasteiger partial charge on any atom is 0.298 e. The highest BCUT2D eigenvalue weighted by Crippen LogP contribution is 2.32. The van der Waals surface area contributed by atoms with E-state index in [0.29, 0.717) is 39.2 Å². The van der Waals surface area contributed by atoms with Gasteiger partial charge in [-0.3, -0.25) is 9.59 Å². The van der Waals surface area contributed by atoms with Crippen LogP contribution >= 0.6 is 23.2 Å². The van der Waals surface area contributed by atoms with E-state index < -0.39 is 11.7 Å². The number of nitrogens with one attached hydrogen (secondary N) is 1. The lowest BCUT2D eigenvalue weighted by Gasteiger charge is -2.11. The van der Waals surface area contributed by atoms with Gasteiger partial charge < -0.3 is 19.1 Å². The van der Waals surface area contributed by atoms with Crippen molar-refractivity contribution in [2.24, 2.45) is 0 Å². The second-order valence-electron chi connectivity index (χ2n) is 7.27. The van der Waals surface area contributed by atoms with Gasteiger partial charge in [0.15, 0.2) is 5.82 Å². The highest BCUT2D eigenvalue weighted by molar-refractivity contribution is 6.48. The number of rotatable bonds is 6. The molecule has 0 saturated heterocycles. The molecule has 0 aliphatic carbocycles. The summed E-state index contributed by atoms with van der Waals surface area (Å²) in [4.78, 5) is 25.9. The average molecular weight is 472 g/mol. The number of fused-ring (bicyclic) bond motifs is 1. The summed E-state index contributed by atoms with van der Waals surface area (Å²) in [6.45, 7) is 3.87. The number of ether oxygens (including phenoxy) is 1. The number of halogens is 2. The summed E-state index contributed by atoms with van der Waals surface area (Å²) in [5, 5.41) is 7.85. The van der Waals surface area contributed by atoms with Crippen molar-refractivity contribution in [2.75, 3.05) is 12.4 Å². The van der Waals surface area contributed by atoms with Gasteiger partial charge in [0.25, 0.3) is 11.7 Å². The van der Waals surface area contributed by atoms with E-state index in [1.807, 2.05) is 16.7 Å². The molecule has 0 fully saturated rings. The van der Waals surface area contributed by atoms with Crippen LogP contribution < -0.4 is 10.1 Å². The third kappa shape index (κ3) is 4.09. The van der Waals surface area contributed by atoms with E-state index in [9.17, 15) is 9.59 Å². The van der Waals surface area contributed by atoms with Crippen molar-refractivity contribution in [3.63, 3.8) is 0 Å². The molecule has 2 aromatic heterocycles. The Labute approximate surface area is 193 Å². The normalized spacial score (nSPS) is 11.0. The minimum Gasteiger partial charge on any atom is -0.497 e. The number of aromatic nitrogens is 2. The average Bonchev–Trinajstić information content (AvgIpc) is 3.29. The molecule has 0 bridgehead atoms. The third-order valence-electron chi connectivity index (χ3n) is 5.18. The fourth-order valence-electron chi connectivity index (χ4n) is 3.61. The Kier molecular flexibility index (Phi) is 5.95. The Morgan fingerprint density at radius 1 is 1.12 bits per heavy atom. The maximum absolute atomic E-state index is 13.2. The van der Waals surface area contributed by atoms with E-state index in [4.69, 9.17) is 32.5 Å². The highest BCUT2D eigenvalue weighted by atomic mass is 35.5. The molecule has 4 aromatic rings. The Morgan fingerprint density at radius 2 is 1.91 bits per heavy atom. The fraction of sp³-hybridized carbons (Fsp3) is 0.174. The number of Topliss-reactive ketones (excluding diaryl/α,β-unsaturated/α-hetero) is 1. The smallest absolute Gasteiger partial charge is 0.298 e. The lowest BCUT2D eigenvalue weighted by Crippen LogP contribution is -2.23. The Bertz CT molecular complexity index is 1360. The summed E-state index contributed by atoms with van der Waals surface area (Å²) in [6.07, 6.45) is 0. The monoisotopic (exact) mass is 471 g/mol. The molecule has 0 spiro atoms. The number of anilines is 1. The first-order valence-corrected chi connectivity index (χ1v) is 10.4. The molecular weight excluding hydrogens is 453 g/mol. The van der Waals surface area contributed by atoms with Crippen LogP contribution in [0.1, 0.15) is 27.4 Å². The van der Waals surface area contributed by atoms with Crippen LogP contribution in [0.4, 0.5) is 5.82 Å². The summed E-state index contributed by atoms with van der Waals surface area (Å²) >= 11 is 12.4. The standard InChI is InChI=1S/C23H19Cl2N3O4/c1-12-8-20(27-32-12)26-23(30)22(29)21-13(2)28(11-14-4-5-15(24)9-18(14)25)19-7-6-16(31-3)10-17(19)21/h4-10H,11H2,1-3H3,(H,26,27,30). The fourth-order valence-corrected chi connectivity index (χ4v) is 4.08. The van der Waals surface area contributed by atoms with Crippen molar-refractivity contribution >= 4 is 51.6 Å². The van der Waals surface area contributed by atoms with Crippen molar-refractivity contribution in [1.82, 2.24) is 9.72 Å². The van der Waals surface area contributed by atoms with E-state index in [1.165, 1.54) is 6.07 Å². The Balaban J connectivity index is 1.79. The molecule has 4 rings (SSSR count). The van der Waals surface area contributed by atoms with Crippen LogP contribution in [0.5, 0.6) is 5.75 Å². The van der Waals surface area contributed by atoms with Gasteiger partial charge in [0.2, 0.25) is 0 Å². The minimum absolute atomic E-state index is 0.174. The SMILES string of the molecule is COc1ccc2c(c1)c(C(=O)C(=O)Nc1cc(C)on1)c(C)n2Cc1ccc(Cl)cc1Cl. The Hall–Kier alpha value is -3.29. The highest BCUT2D eigenvalue weighted by Gasteiger charge is 2.26. The molecule has 0 radical (unpaired) electrons. The maximum atomic E-state index is 13.2. The molecule has 9 heteroatoms. The van der Waals surface area contributed by atoms with Crippen LogP contribution in [0.3, 0.4) is 0 Å². The van der Waals surface area contributed by atoms with Gasteiger partial charge in [0.05, 0.1) is 12.7 Å². The molecule has 0 atom stereocenters. The number of aryl methyl sites for hydroxylation is 1. The summed E-state index contributed by atoms with van der Waals surface area (Å²) in [5.74, 6) is -0.242. The number of benzene rings is 2. The molecule has 164 valence electrons. The molecule has 2 aromatic carbocycles. The van der Waals surface area contributed by atoms with Gasteiger partial charge >= 0.3 is 0 Å². The molecule has 0 aliphatic heterocycles. The van der Waals surface area contributed by atoms with Crippen molar-refractivity contribution in [1.29, 1.82) is 0 Å². The zero-order valence-electron chi connectivity index (χ0n) is 17.5. The van der Waals surface area contributed by atoms with E-state index >= 15 is 0 Å². The number of carbonyl (C=O) groups is 2. The first kappa shape index (κ1) is 21.9. The van der Waals surface area contributed by atoms with Crippen LogP contribution in [0.25, 0.3) is 10.9 Å². The van der Waals surface area contributed by atoms with Crippen LogP contribution in [0, 0.1) is 13.8 Å². The van der Waals surface area contributed by atoms with E-state index in [1.54, 1.807) is 45.2 Å². The summed E-state index contributed by atoms with van der Waals surface area (Å²) in [6, 6.07) is 12.2. The van der Waals surface area contributed by atoms with E-state index in [-0.39, 0.29) is 11.4 Å². The molecule has 0 aliphatic rings. The van der Waals surface area contributed by atoms with Gasteiger partial charge in [0.1, 0.15) is 11.5 Å². The number of carbonyl (C=O) groups excluding carboxylic acids is 2. The number of ketones is 1. The summed E-state index contributed by atoms with van der Waals surface area (Å²) < 4.78 is 12.2. The third-order valence-corrected chi connectivity index (χ3v) is 5.76. The van der Waals surface area contributed by atoms with E-state index in [2.05, 4.69) is 10.5 Å². The summed E-state index contributed by atoms with van der Waals surface area (Å²) in [5.41, 5.74) is 2.49. The van der Waals surface area contributed by atoms with Crippen molar-refractivity contribution in [2.45, 2.75) is 20.4 Å².